The molecule has 0 unspecified atom stereocenters. The maximum atomic E-state index is 14.5. The summed E-state index contributed by atoms with van der Waals surface area (Å²) in [7, 11) is 3.15. The molecular weight excluding hydrogens is 614 g/mol. The van der Waals surface area contributed by atoms with Gasteiger partial charge in [0.05, 0.1) is 24.8 Å². The van der Waals surface area contributed by atoms with E-state index in [1.54, 1.807) is 48.8 Å². The molecular formula is C33H34FN5O4S2. The van der Waals surface area contributed by atoms with Crippen LogP contribution in [0.3, 0.4) is 0 Å². The highest BCUT2D eigenvalue weighted by atomic mass is 32.2. The van der Waals surface area contributed by atoms with Crippen LogP contribution in [0.1, 0.15) is 29.2 Å². The van der Waals surface area contributed by atoms with E-state index in [0.29, 0.717) is 89.0 Å². The summed E-state index contributed by atoms with van der Waals surface area (Å²) in [6.07, 6.45) is 2.31. The number of para-hydroxylation sites is 1. The molecule has 12 heteroatoms. The summed E-state index contributed by atoms with van der Waals surface area (Å²) in [5, 5.41) is 9.92. The van der Waals surface area contributed by atoms with Gasteiger partial charge in [0, 0.05) is 44.8 Å². The molecule has 0 atom stereocenters. The van der Waals surface area contributed by atoms with Gasteiger partial charge in [-0.1, -0.05) is 42.2 Å². The molecule has 0 bridgehead atoms. The highest BCUT2D eigenvalue weighted by Gasteiger charge is 2.33. The second-order valence-electron chi connectivity index (χ2n) is 10.6. The predicted octanol–water partition coefficient (Wildman–Crippen LogP) is 4.98. The van der Waals surface area contributed by atoms with Crippen molar-refractivity contribution in [2.75, 3.05) is 56.7 Å². The molecule has 0 N–H and O–H groups in total. The van der Waals surface area contributed by atoms with E-state index in [1.807, 2.05) is 36.1 Å². The third-order valence-corrected chi connectivity index (χ3v) is 9.53. The normalized spacial score (nSPS) is 16.0. The van der Waals surface area contributed by atoms with Crippen LogP contribution in [0.15, 0.2) is 52.2 Å². The molecule has 0 saturated carbocycles. The van der Waals surface area contributed by atoms with E-state index in [2.05, 4.69) is 11.0 Å². The van der Waals surface area contributed by atoms with Crippen LogP contribution >= 0.6 is 24.0 Å². The van der Waals surface area contributed by atoms with Gasteiger partial charge in [-0.15, -0.1) is 0 Å². The monoisotopic (exact) mass is 647 g/mol. The lowest BCUT2D eigenvalue weighted by Gasteiger charge is -2.39. The van der Waals surface area contributed by atoms with E-state index in [0.717, 1.165) is 5.56 Å². The van der Waals surface area contributed by atoms with E-state index >= 15 is 0 Å². The van der Waals surface area contributed by atoms with Gasteiger partial charge in [-0.2, -0.15) is 5.26 Å². The zero-order valence-corrected chi connectivity index (χ0v) is 27.3. The fourth-order valence-corrected chi connectivity index (χ4v) is 7.04. The second-order valence-corrected chi connectivity index (χ2v) is 12.3. The van der Waals surface area contributed by atoms with Gasteiger partial charge in [0.25, 0.3) is 11.5 Å². The minimum absolute atomic E-state index is 0.0424. The number of nitrogens with zero attached hydrogens (tertiary/aromatic N) is 5. The maximum Gasteiger partial charge on any atom is 0.270 e. The summed E-state index contributed by atoms with van der Waals surface area (Å²) >= 11 is 6.83. The molecule has 9 nitrogen and oxygen atoms in total. The minimum Gasteiger partial charge on any atom is -0.493 e. The van der Waals surface area contributed by atoms with Crippen LogP contribution in [0.2, 0.25) is 0 Å². The number of aromatic nitrogens is 1. The molecule has 2 saturated heterocycles. The number of hydrogen-bond donors (Lipinski definition) is 0. The number of benzene rings is 2. The summed E-state index contributed by atoms with van der Waals surface area (Å²) in [5.41, 5.74) is 2.32. The largest absolute Gasteiger partial charge is 0.493 e. The van der Waals surface area contributed by atoms with Crippen LogP contribution < -0.4 is 24.8 Å². The minimum atomic E-state index is -0.372. The van der Waals surface area contributed by atoms with Crippen molar-refractivity contribution < 1.29 is 18.7 Å². The highest BCUT2D eigenvalue weighted by molar-refractivity contribution is 8.26. The molecule has 5 rings (SSSR count). The van der Waals surface area contributed by atoms with E-state index < -0.39 is 0 Å². The Morgan fingerprint density at radius 2 is 1.73 bits per heavy atom. The number of methoxy groups -OCH3 is 2. The lowest BCUT2D eigenvalue weighted by Crippen LogP contribution is -2.49. The summed E-state index contributed by atoms with van der Waals surface area (Å²) in [4.78, 5) is 33.2. The van der Waals surface area contributed by atoms with Crippen LogP contribution in [0.25, 0.3) is 6.08 Å². The van der Waals surface area contributed by atoms with Crippen molar-refractivity contribution >= 4 is 51.8 Å². The predicted molar refractivity (Wildman–Crippen MR) is 180 cm³/mol. The number of thioether (sulfide) groups is 1. The summed E-state index contributed by atoms with van der Waals surface area (Å²) in [5.74, 6) is 1.37. The quantitative estimate of drug-likeness (QED) is 0.236. The molecule has 3 aromatic rings. The first-order valence-electron chi connectivity index (χ1n) is 14.6. The van der Waals surface area contributed by atoms with Crippen molar-refractivity contribution in [3.05, 3.63) is 85.8 Å². The fraction of sp³-hybridized carbons (Fsp3) is 0.333. The molecule has 1 amide bonds. The third-order valence-electron chi connectivity index (χ3n) is 8.16. The number of carbonyl (C=O) groups excluding carboxylic acids is 1. The van der Waals surface area contributed by atoms with E-state index in [4.69, 9.17) is 21.7 Å². The molecule has 2 aliphatic rings. The SMILES string of the molecule is CCn1c(N2CCN(c3ccccc3F)CC2)c(/C=C2/SC(=S)N(CCc3ccc(OC)c(OC)c3)C2=O)c(C)c(C#N)c1=O. The molecule has 0 aliphatic carbocycles. The first kappa shape index (κ1) is 32.1. The number of hydrogen-bond acceptors (Lipinski definition) is 9. The number of halogens is 1. The molecule has 0 radical (unpaired) electrons. The van der Waals surface area contributed by atoms with Crippen molar-refractivity contribution in [3.63, 3.8) is 0 Å². The van der Waals surface area contributed by atoms with E-state index in [9.17, 15) is 19.2 Å². The molecule has 2 aromatic carbocycles. The van der Waals surface area contributed by atoms with Gasteiger partial charge < -0.3 is 19.3 Å². The Labute approximate surface area is 271 Å². The van der Waals surface area contributed by atoms with Crippen LogP contribution in [-0.4, -0.2) is 66.6 Å². The molecule has 2 fully saturated rings. The van der Waals surface area contributed by atoms with Crippen molar-refractivity contribution in [3.8, 4) is 17.6 Å². The van der Waals surface area contributed by atoms with E-state index in [1.165, 1.54) is 17.8 Å². The molecule has 0 spiro atoms. The first-order chi connectivity index (χ1) is 21.7. The first-order valence-corrected chi connectivity index (χ1v) is 15.8. The average molecular weight is 648 g/mol. The Balaban J connectivity index is 1.45. The zero-order chi connectivity index (χ0) is 32.2. The van der Waals surface area contributed by atoms with Gasteiger partial charge in [0.15, 0.2) is 11.5 Å². The standard InChI is InChI=1S/C33H34FN5O4S2/c1-5-38-30(37-16-14-36(15-17-37)26-9-7-6-8-25(26)34)23(21(2)24(20-35)31(38)40)19-29-32(41)39(33(44)45-29)13-12-22-10-11-27(42-3)28(18-22)43-4/h6-11,18-19H,5,12-17H2,1-4H3/b29-19+. The molecule has 45 heavy (non-hydrogen) atoms. The van der Waals surface area contributed by atoms with Crippen LogP contribution in [0.4, 0.5) is 15.9 Å². The molecule has 1 aromatic heterocycles. The number of carbonyl (C=O) groups is 1. The lowest BCUT2D eigenvalue weighted by molar-refractivity contribution is -0.122. The molecule has 2 aliphatic heterocycles. The number of piperazine rings is 1. The van der Waals surface area contributed by atoms with Crippen LogP contribution in [0, 0.1) is 24.1 Å². The second kappa shape index (κ2) is 13.7. The Kier molecular flexibility index (Phi) is 9.80. The van der Waals surface area contributed by atoms with Gasteiger partial charge in [-0.3, -0.25) is 19.1 Å². The van der Waals surface area contributed by atoms with Gasteiger partial charge >= 0.3 is 0 Å². The number of pyridine rings is 1. The fourth-order valence-electron chi connectivity index (χ4n) is 5.75. The number of anilines is 2. The summed E-state index contributed by atoms with van der Waals surface area (Å²) in [6, 6.07) is 14.4. The van der Waals surface area contributed by atoms with E-state index in [-0.39, 0.29) is 22.8 Å². The van der Waals surface area contributed by atoms with Gasteiger partial charge in [-0.25, -0.2) is 4.39 Å². The summed E-state index contributed by atoms with van der Waals surface area (Å²) < 4.78 is 27.3. The number of ether oxygens (including phenoxy) is 2. The van der Waals surface area contributed by atoms with Crippen LogP contribution in [-0.2, 0) is 17.8 Å². The number of nitriles is 1. The van der Waals surface area contributed by atoms with Crippen molar-refractivity contribution in [1.29, 1.82) is 5.26 Å². The van der Waals surface area contributed by atoms with Crippen molar-refractivity contribution in [1.82, 2.24) is 9.47 Å². The van der Waals surface area contributed by atoms with Crippen molar-refractivity contribution in [2.24, 2.45) is 0 Å². The smallest absolute Gasteiger partial charge is 0.270 e. The average Bonchev–Trinajstić information content (AvgIpc) is 3.32. The zero-order valence-electron chi connectivity index (χ0n) is 25.6. The van der Waals surface area contributed by atoms with Crippen molar-refractivity contribution in [2.45, 2.75) is 26.8 Å². The molecule has 234 valence electrons. The Morgan fingerprint density at radius 1 is 1.04 bits per heavy atom. The Bertz CT molecular complexity index is 1780. The number of rotatable bonds is 9. The lowest BCUT2D eigenvalue weighted by atomic mass is 10.0. The van der Waals surface area contributed by atoms with Gasteiger partial charge in [-0.05, 0) is 61.7 Å². The van der Waals surface area contributed by atoms with Gasteiger partial charge in [0.1, 0.15) is 27.6 Å². The summed E-state index contributed by atoms with van der Waals surface area (Å²) in [6.45, 7) is 6.42. The Hall–Kier alpha value is -4.34. The Morgan fingerprint density at radius 3 is 2.38 bits per heavy atom. The third kappa shape index (κ3) is 6.28. The topological polar surface area (TPSA) is 91.0 Å². The molecule has 3 heterocycles. The van der Waals surface area contributed by atoms with Gasteiger partial charge in [0.2, 0.25) is 0 Å². The maximum absolute atomic E-state index is 14.5. The number of thiocarbonyl (C=S) groups is 1. The number of amides is 1. The van der Waals surface area contributed by atoms with Crippen LogP contribution in [0.5, 0.6) is 11.5 Å². The highest BCUT2D eigenvalue weighted by Crippen LogP contribution is 2.37.